The van der Waals surface area contributed by atoms with Crippen molar-refractivity contribution in [3.05, 3.63) is 64.7 Å². The van der Waals surface area contributed by atoms with Gasteiger partial charge in [0.05, 0.1) is 5.56 Å². The van der Waals surface area contributed by atoms with E-state index in [-0.39, 0.29) is 12.4 Å². The minimum Gasteiger partial charge on any atom is -0.489 e. The second kappa shape index (κ2) is 5.69. The van der Waals surface area contributed by atoms with Crippen LogP contribution in [0.25, 0.3) is 0 Å². The number of benzene rings is 2. The van der Waals surface area contributed by atoms with Crippen molar-refractivity contribution in [3.63, 3.8) is 0 Å². The molecule has 5 heteroatoms. The first-order valence-corrected chi connectivity index (χ1v) is 5.88. The van der Waals surface area contributed by atoms with Crippen LogP contribution in [-0.4, -0.2) is 11.1 Å². The first-order valence-electron chi connectivity index (χ1n) is 5.88. The second-order valence-corrected chi connectivity index (χ2v) is 4.32. The molecule has 0 aromatic heterocycles. The van der Waals surface area contributed by atoms with Crippen LogP contribution in [0.4, 0.5) is 8.78 Å². The van der Waals surface area contributed by atoms with Gasteiger partial charge >= 0.3 is 5.97 Å². The van der Waals surface area contributed by atoms with Crippen molar-refractivity contribution < 1.29 is 23.4 Å². The summed E-state index contributed by atoms with van der Waals surface area (Å²) in [6, 6.07) is 8.16. The van der Waals surface area contributed by atoms with E-state index in [2.05, 4.69) is 0 Å². The van der Waals surface area contributed by atoms with Gasteiger partial charge in [-0.2, -0.15) is 0 Å². The molecule has 1 N–H and O–H groups in total. The molecule has 0 aliphatic heterocycles. The first kappa shape index (κ1) is 14.0. The fourth-order valence-corrected chi connectivity index (χ4v) is 1.65. The van der Waals surface area contributed by atoms with Crippen LogP contribution >= 0.6 is 0 Å². The van der Waals surface area contributed by atoms with E-state index < -0.39 is 17.3 Å². The highest BCUT2D eigenvalue weighted by Crippen LogP contribution is 2.18. The Labute approximate surface area is 114 Å². The molecule has 0 saturated heterocycles. The number of aryl methyl sites for hydroxylation is 1. The number of hydrogen-bond donors (Lipinski definition) is 1. The smallest absolute Gasteiger partial charge is 0.338 e. The van der Waals surface area contributed by atoms with Crippen LogP contribution in [-0.2, 0) is 6.61 Å². The highest BCUT2D eigenvalue weighted by atomic mass is 19.1. The summed E-state index contributed by atoms with van der Waals surface area (Å²) in [6.07, 6.45) is 0. The third kappa shape index (κ3) is 3.12. The molecule has 2 rings (SSSR count). The Kier molecular flexibility index (Phi) is 3.98. The van der Waals surface area contributed by atoms with Crippen molar-refractivity contribution in [3.8, 4) is 5.75 Å². The van der Waals surface area contributed by atoms with Crippen LogP contribution in [0.1, 0.15) is 21.5 Å². The zero-order chi connectivity index (χ0) is 14.7. The first-order chi connectivity index (χ1) is 9.47. The molecule has 20 heavy (non-hydrogen) atoms. The third-order valence-corrected chi connectivity index (χ3v) is 2.81. The number of hydrogen-bond acceptors (Lipinski definition) is 2. The largest absolute Gasteiger partial charge is 0.489 e. The van der Waals surface area contributed by atoms with Crippen molar-refractivity contribution >= 4 is 5.97 Å². The molecule has 104 valence electrons. The van der Waals surface area contributed by atoms with Crippen molar-refractivity contribution in [1.29, 1.82) is 0 Å². The minimum atomic E-state index is -1.32. The number of carbonyl (C=O) groups is 1. The van der Waals surface area contributed by atoms with E-state index in [1.807, 2.05) is 0 Å². The maximum atomic E-state index is 13.4. The van der Waals surface area contributed by atoms with Crippen molar-refractivity contribution in [2.75, 3.05) is 0 Å². The maximum Gasteiger partial charge on any atom is 0.338 e. The topological polar surface area (TPSA) is 46.5 Å². The van der Waals surface area contributed by atoms with E-state index in [1.165, 1.54) is 18.2 Å². The van der Waals surface area contributed by atoms with Gasteiger partial charge in [0, 0.05) is 6.07 Å². The van der Waals surface area contributed by atoms with Gasteiger partial charge in [0.2, 0.25) is 0 Å². The quantitative estimate of drug-likeness (QED) is 0.930. The van der Waals surface area contributed by atoms with Crippen molar-refractivity contribution in [1.82, 2.24) is 0 Å². The van der Waals surface area contributed by atoms with Crippen molar-refractivity contribution in [2.45, 2.75) is 13.5 Å². The predicted octanol–water partition coefficient (Wildman–Crippen LogP) is 3.55. The highest BCUT2D eigenvalue weighted by molar-refractivity contribution is 5.87. The molecule has 2 aromatic rings. The summed E-state index contributed by atoms with van der Waals surface area (Å²) < 4.78 is 32.1. The Morgan fingerprint density at radius 2 is 1.90 bits per heavy atom. The van der Waals surface area contributed by atoms with Crippen LogP contribution < -0.4 is 4.74 Å². The lowest BCUT2D eigenvalue weighted by Gasteiger charge is -2.08. The van der Waals surface area contributed by atoms with Crippen LogP contribution in [0.15, 0.2) is 36.4 Å². The lowest BCUT2D eigenvalue weighted by molar-refractivity contribution is 0.0692. The summed E-state index contributed by atoms with van der Waals surface area (Å²) in [6.45, 7) is 1.67. The number of rotatable bonds is 4. The Balaban J connectivity index is 2.09. The molecule has 0 unspecified atom stereocenters. The fourth-order valence-electron chi connectivity index (χ4n) is 1.65. The molecule has 0 saturated carbocycles. The molecule has 0 fully saturated rings. The SMILES string of the molecule is Cc1ccc(OCc2ccc(C(=O)O)c(F)c2)cc1F. The lowest BCUT2D eigenvalue weighted by Crippen LogP contribution is -2.03. The highest BCUT2D eigenvalue weighted by Gasteiger charge is 2.10. The Hall–Kier alpha value is -2.43. The average Bonchev–Trinajstić information content (AvgIpc) is 2.40. The monoisotopic (exact) mass is 278 g/mol. The van der Waals surface area contributed by atoms with Gasteiger partial charge in [-0.15, -0.1) is 0 Å². The summed E-state index contributed by atoms with van der Waals surface area (Å²) in [5, 5.41) is 8.71. The minimum absolute atomic E-state index is 0.0271. The van der Waals surface area contributed by atoms with Crippen LogP contribution in [0.2, 0.25) is 0 Å². The number of aromatic carboxylic acids is 1. The third-order valence-electron chi connectivity index (χ3n) is 2.81. The summed E-state index contributed by atoms with van der Waals surface area (Å²) in [5.41, 5.74) is 0.581. The van der Waals surface area contributed by atoms with Gasteiger partial charge in [0.1, 0.15) is 24.0 Å². The summed E-state index contributed by atoms with van der Waals surface area (Å²) >= 11 is 0. The van der Waals surface area contributed by atoms with E-state index in [4.69, 9.17) is 9.84 Å². The Morgan fingerprint density at radius 1 is 1.15 bits per heavy atom. The molecule has 0 aliphatic carbocycles. The van der Waals surface area contributed by atoms with Crippen LogP contribution in [0.3, 0.4) is 0 Å². The van der Waals surface area contributed by atoms with E-state index in [1.54, 1.807) is 19.1 Å². The van der Waals surface area contributed by atoms with E-state index in [0.717, 1.165) is 6.07 Å². The molecule has 0 bridgehead atoms. The average molecular weight is 278 g/mol. The normalized spacial score (nSPS) is 10.3. The molecule has 0 aliphatic rings. The lowest BCUT2D eigenvalue weighted by atomic mass is 10.1. The van der Waals surface area contributed by atoms with Gasteiger partial charge < -0.3 is 9.84 Å². The van der Waals surface area contributed by atoms with Crippen LogP contribution in [0, 0.1) is 18.6 Å². The fraction of sp³-hybridized carbons (Fsp3) is 0.133. The van der Waals surface area contributed by atoms with Gasteiger partial charge in [-0.25, -0.2) is 13.6 Å². The Bertz CT molecular complexity index is 654. The summed E-state index contributed by atoms with van der Waals surface area (Å²) in [7, 11) is 0. The molecule has 0 radical (unpaired) electrons. The molecular weight excluding hydrogens is 266 g/mol. The molecule has 0 amide bonds. The van der Waals surface area contributed by atoms with Gasteiger partial charge in [-0.1, -0.05) is 12.1 Å². The van der Waals surface area contributed by atoms with Gasteiger partial charge in [-0.3, -0.25) is 0 Å². The number of halogens is 2. The molecular formula is C15H12F2O3. The molecule has 0 atom stereocenters. The van der Waals surface area contributed by atoms with E-state index in [0.29, 0.717) is 16.9 Å². The molecule has 0 spiro atoms. The van der Waals surface area contributed by atoms with E-state index in [9.17, 15) is 13.6 Å². The van der Waals surface area contributed by atoms with E-state index >= 15 is 0 Å². The summed E-state index contributed by atoms with van der Waals surface area (Å²) in [4.78, 5) is 10.7. The number of carboxylic acids is 1. The molecule has 2 aromatic carbocycles. The van der Waals surface area contributed by atoms with Gasteiger partial charge in [-0.05, 0) is 36.2 Å². The molecule has 0 heterocycles. The second-order valence-electron chi connectivity index (χ2n) is 4.32. The summed E-state index contributed by atoms with van der Waals surface area (Å²) in [5.74, 6) is -2.20. The standard InChI is InChI=1S/C15H12F2O3/c1-9-2-4-11(7-13(9)16)20-8-10-3-5-12(15(18)19)14(17)6-10/h2-7H,8H2,1H3,(H,18,19). The zero-order valence-corrected chi connectivity index (χ0v) is 10.7. The molecule has 3 nitrogen and oxygen atoms in total. The van der Waals surface area contributed by atoms with Gasteiger partial charge in [0.25, 0.3) is 0 Å². The van der Waals surface area contributed by atoms with Gasteiger partial charge in [0.15, 0.2) is 0 Å². The predicted molar refractivity (Wildman–Crippen MR) is 68.8 cm³/mol. The van der Waals surface area contributed by atoms with Crippen molar-refractivity contribution in [2.24, 2.45) is 0 Å². The maximum absolute atomic E-state index is 13.4. The number of carboxylic acid groups (broad SMARTS) is 1. The number of ether oxygens (including phenoxy) is 1. The van der Waals surface area contributed by atoms with Crippen LogP contribution in [0.5, 0.6) is 5.75 Å². The Morgan fingerprint density at radius 3 is 2.50 bits per heavy atom. The zero-order valence-electron chi connectivity index (χ0n) is 10.7.